The Labute approximate surface area is 128 Å². The highest BCUT2D eigenvalue weighted by Crippen LogP contribution is 2.36. The third kappa shape index (κ3) is 2.83. The van der Waals surface area contributed by atoms with E-state index in [9.17, 15) is 4.79 Å². The van der Waals surface area contributed by atoms with E-state index in [4.69, 9.17) is 9.47 Å². The van der Waals surface area contributed by atoms with Gasteiger partial charge in [-0.3, -0.25) is 0 Å². The summed E-state index contributed by atoms with van der Waals surface area (Å²) in [6, 6.07) is 7.76. The summed E-state index contributed by atoms with van der Waals surface area (Å²) in [4.78, 5) is 12.4. The average Bonchev–Trinajstić information content (AvgIpc) is 2.49. The monoisotopic (exact) mass is 341 g/mol. The highest BCUT2D eigenvalue weighted by molar-refractivity contribution is 9.10. The summed E-state index contributed by atoms with van der Waals surface area (Å²) in [5, 5.41) is 3.37. The fraction of sp³-hybridized carbons (Fsp3) is 0.533. The Balaban J connectivity index is 2.36. The van der Waals surface area contributed by atoms with Crippen LogP contribution >= 0.6 is 15.9 Å². The van der Waals surface area contributed by atoms with Crippen LogP contribution in [0.4, 0.5) is 5.69 Å². The van der Waals surface area contributed by atoms with Crippen LogP contribution in [0.5, 0.6) is 0 Å². The molecular formula is C15H20BrNO3. The van der Waals surface area contributed by atoms with Crippen molar-refractivity contribution in [3.63, 3.8) is 0 Å². The van der Waals surface area contributed by atoms with Crippen molar-refractivity contribution < 1.29 is 14.3 Å². The number of para-hydroxylation sites is 1. The maximum Gasteiger partial charge on any atom is 0.334 e. The van der Waals surface area contributed by atoms with E-state index in [2.05, 4.69) is 21.2 Å². The molecule has 1 aromatic carbocycles. The molecule has 1 aromatic rings. The maximum absolute atomic E-state index is 12.4. The van der Waals surface area contributed by atoms with Crippen molar-refractivity contribution in [3.8, 4) is 0 Å². The number of halogens is 1. The number of rotatable bonds is 4. The summed E-state index contributed by atoms with van der Waals surface area (Å²) >= 11 is 3.50. The Morgan fingerprint density at radius 3 is 2.75 bits per heavy atom. The lowest BCUT2D eigenvalue weighted by atomic mass is 9.78. The summed E-state index contributed by atoms with van der Waals surface area (Å²) in [5.74, 6) is -0.264. The molecule has 0 saturated heterocycles. The molecule has 1 fully saturated rings. The van der Waals surface area contributed by atoms with Gasteiger partial charge in [-0.15, -0.1) is 0 Å². The fourth-order valence-electron chi connectivity index (χ4n) is 2.87. The lowest BCUT2D eigenvalue weighted by Gasteiger charge is -2.42. The van der Waals surface area contributed by atoms with E-state index in [1.54, 1.807) is 7.11 Å². The molecule has 2 atom stereocenters. The second kappa shape index (κ2) is 6.59. The van der Waals surface area contributed by atoms with Gasteiger partial charge in [-0.2, -0.15) is 0 Å². The minimum absolute atomic E-state index is 0.184. The Kier molecular flexibility index (Phi) is 5.05. The second-order valence-corrected chi connectivity index (χ2v) is 5.89. The van der Waals surface area contributed by atoms with Crippen LogP contribution in [0.2, 0.25) is 0 Å². The molecule has 0 amide bonds. The van der Waals surface area contributed by atoms with Gasteiger partial charge in [0.25, 0.3) is 0 Å². The van der Waals surface area contributed by atoms with Gasteiger partial charge in [0.15, 0.2) is 5.54 Å². The van der Waals surface area contributed by atoms with E-state index in [1.165, 1.54) is 7.11 Å². The van der Waals surface area contributed by atoms with Gasteiger partial charge in [0.1, 0.15) is 0 Å². The highest BCUT2D eigenvalue weighted by atomic mass is 79.9. The first kappa shape index (κ1) is 15.3. The number of carbonyl (C=O) groups excluding carboxylic acids is 1. The largest absolute Gasteiger partial charge is 0.467 e. The van der Waals surface area contributed by atoms with E-state index < -0.39 is 5.54 Å². The number of esters is 1. The Morgan fingerprint density at radius 2 is 2.10 bits per heavy atom. The van der Waals surface area contributed by atoms with Crippen molar-refractivity contribution in [2.24, 2.45) is 0 Å². The molecule has 20 heavy (non-hydrogen) atoms. The molecule has 2 rings (SSSR count). The van der Waals surface area contributed by atoms with E-state index in [0.717, 1.165) is 29.4 Å². The minimum Gasteiger partial charge on any atom is -0.467 e. The van der Waals surface area contributed by atoms with Crippen molar-refractivity contribution >= 4 is 27.6 Å². The lowest BCUT2D eigenvalue weighted by Crippen LogP contribution is -2.58. The topological polar surface area (TPSA) is 47.6 Å². The zero-order valence-electron chi connectivity index (χ0n) is 11.8. The predicted molar refractivity (Wildman–Crippen MR) is 81.8 cm³/mol. The SMILES string of the molecule is COC(=O)C1(Nc2ccccc2Br)CCCCC1OC. The zero-order valence-corrected chi connectivity index (χ0v) is 13.4. The first-order valence-corrected chi connectivity index (χ1v) is 7.57. The molecule has 0 bridgehead atoms. The molecule has 0 aliphatic heterocycles. The van der Waals surface area contributed by atoms with Crippen LogP contribution in [0.15, 0.2) is 28.7 Å². The van der Waals surface area contributed by atoms with Crippen LogP contribution in [0.3, 0.4) is 0 Å². The van der Waals surface area contributed by atoms with Gasteiger partial charge in [-0.25, -0.2) is 4.79 Å². The van der Waals surface area contributed by atoms with Gasteiger partial charge in [0.2, 0.25) is 0 Å². The van der Waals surface area contributed by atoms with Gasteiger partial charge < -0.3 is 14.8 Å². The molecule has 1 aliphatic carbocycles. The van der Waals surface area contributed by atoms with Crippen LogP contribution < -0.4 is 5.32 Å². The Hall–Kier alpha value is -1.07. The molecule has 110 valence electrons. The summed E-state index contributed by atoms with van der Waals surface area (Å²) in [6.07, 6.45) is 3.42. The number of hydrogen-bond donors (Lipinski definition) is 1. The maximum atomic E-state index is 12.4. The first-order chi connectivity index (χ1) is 9.64. The zero-order chi connectivity index (χ0) is 14.6. The van der Waals surface area contributed by atoms with Crippen LogP contribution in [0.25, 0.3) is 0 Å². The van der Waals surface area contributed by atoms with Crippen LogP contribution in [-0.4, -0.2) is 31.8 Å². The summed E-state index contributed by atoms with van der Waals surface area (Å²) in [6.45, 7) is 0. The number of nitrogens with one attached hydrogen (secondary N) is 1. The molecule has 0 aromatic heterocycles. The third-order valence-corrected chi connectivity index (χ3v) is 4.59. The number of carbonyl (C=O) groups is 1. The summed E-state index contributed by atoms with van der Waals surface area (Å²) < 4.78 is 11.5. The summed E-state index contributed by atoms with van der Waals surface area (Å²) in [5.41, 5.74) is 0.0628. The number of hydrogen-bond acceptors (Lipinski definition) is 4. The van der Waals surface area contributed by atoms with E-state index >= 15 is 0 Å². The molecule has 2 unspecified atom stereocenters. The van der Waals surface area contributed by atoms with Gasteiger partial charge >= 0.3 is 5.97 Å². The van der Waals surface area contributed by atoms with Crippen LogP contribution in [-0.2, 0) is 14.3 Å². The molecule has 1 N–H and O–H groups in total. The molecule has 1 saturated carbocycles. The average molecular weight is 342 g/mol. The van der Waals surface area contributed by atoms with E-state index in [0.29, 0.717) is 6.42 Å². The minimum atomic E-state index is -0.814. The van der Waals surface area contributed by atoms with Crippen molar-refractivity contribution in [1.82, 2.24) is 0 Å². The van der Waals surface area contributed by atoms with Crippen LogP contribution in [0.1, 0.15) is 25.7 Å². The molecule has 1 aliphatic rings. The predicted octanol–water partition coefficient (Wildman–Crippen LogP) is 3.36. The smallest absolute Gasteiger partial charge is 0.334 e. The van der Waals surface area contributed by atoms with Crippen molar-refractivity contribution in [3.05, 3.63) is 28.7 Å². The second-order valence-electron chi connectivity index (χ2n) is 5.04. The Morgan fingerprint density at radius 1 is 1.35 bits per heavy atom. The van der Waals surface area contributed by atoms with Gasteiger partial charge in [0, 0.05) is 17.3 Å². The molecule has 0 spiro atoms. The van der Waals surface area contributed by atoms with Crippen molar-refractivity contribution in [2.45, 2.75) is 37.3 Å². The highest BCUT2D eigenvalue weighted by Gasteiger charge is 2.49. The normalized spacial score (nSPS) is 26.1. The van der Waals surface area contributed by atoms with Crippen molar-refractivity contribution in [2.75, 3.05) is 19.5 Å². The summed E-state index contributed by atoms with van der Waals surface area (Å²) in [7, 11) is 3.07. The third-order valence-electron chi connectivity index (χ3n) is 3.90. The number of benzene rings is 1. The Bertz CT molecular complexity index is 480. The van der Waals surface area contributed by atoms with Crippen LogP contribution in [0, 0.1) is 0 Å². The molecule has 0 radical (unpaired) electrons. The number of methoxy groups -OCH3 is 2. The first-order valence-electron chi connectivity index (χ1n) is 6.78. The molecule has 0 heterocycles. The van der Waals surface area contributed by atoms with Crippen molar-refractivity contribution in [1.29, 1.82) is 0 Å². The van der Waals surface area contributed by atoms with E-state index in [1.807, 2.05) is 24.3 Å². The number of ether oxygens (including phenoxy) is 2. The van der Waals surface area contributed by atoms with E-state index in [-0.39, 0.29) is 12.1 Å². The standard InChI is InChI=1S/C15H20BrNO3/c1-19-13-9-5-6-10-15(13,14(18)20-2)17-12-8-4-3-7-11(12)16/h3-4,7-8,13,17H,5-6,9-10H2,1-2H3. The van der Waals surface area contributed by atoms with Gasteiger partial charge in [0.05, 0.1) is 13.2 Å². The molecule has 5 heteroatoms. The van der Waals surface area contributed by atoms with Gasteiger partial charge in [-0.05, 0) is 40.9 Å². The molecule has 4 nitrogen and oxygen atoms in total. The fourth-order valence-corrected chi connectivity index (χ4v) is 3.26. The molecular weight excluding hydrogens is 322 g/mol. The van der Waals surface area contributed by atoms with Gasteiger partial charge in [-0.1, -0.05) is 25.0 Å². The lowest BCUT2D eigenvalue weighted by molar-refractivity contribution is -0.153. The quantitative estimate of drug-likeness (QED) is 0.853. The number of anilines is 1.